The molecule has 2 aromatic heterocycles. The third-order valence-electron chi connectivity index (χ3n) is 4.91. The number of hydrogen-bond donors (Lipinski definition) is 1. The van der Waals surface area contributed by atoms with Crippen LogP contribution in [0, 0.1) is 0 Å². The lowest BCUT2D eigenvalue weighted by molar-refractivity contribution is -0.119. The average molecular weight is 454 g/mol. The summed E-state index contributed by atoms with van der Waals surface area (Å²) in [5.74, 6) is 0.561. The van der Waals surface area contributed by atoms with Gasteiger partial charge in [-0.3, -0.25) is 4.79 Å². The van der Waals surface area contributed by atoms with Crippen LogP contribution in [0.1, 0.15) is 36.5 Å². The quantitative estimate of drug-likeness (QED) is 0.635. The molecule has 0 atom stereocenters. The van der Waals surface area contributed by atoms with Gasteiger partial charge in [0.2, 0.25) is 5.91 Å². The van der Waals surface area contributed by atoms with Gasteiger partial charge in [-0.25, -0.2) is 13.4 Å². The van der Waals surface area contributed by atoms with E-state index in [0.717, 1.165) is 4.88 Å². The van der Waals surface area contributed by atoms with Crippen molar-refractivity contribution in [3.63, 3.8) is 0 Å². The summed E-state index contributed by atoms with van der Waals surface area (Å²) in [6.45, 7) is 2.58. The molecule has 1 aliphatic heterocycles. The zero-order chi connectivity index (χ0) is 20.6. The van der Waals surface area contributed by atoms with Crippen LogP contribution in [-0.2, 0) is 21.4 Å². The van der Waals surface area contributed by atoms with Gasteiger partial charge in [-0.05, 0) is 43.2 Å². The average Bonchev–Trinajstić information content (AvgIpc) is 3.33. The smallest absolute Gasteiger partial charge is 0.252 e. The number of carbonyl (C=O) groups is 1. The highest BCUT2D eigenvalue weighted by Gasteiger charge is 2.32. The second kappa shape index (κ2) is 8.06. The molecular weight excluding hydrogens is 434 g/mol. The number of nitrogens with zero attached hydrogens (tertiary/aromatic N) is 2. The van der Waals surface area contributed by atoms with Gasteiger partial charge in [0.25, 0.3) is 10.0 Å². The van der Waals surface area contributed by atoms with Crippen molar-refractivity contribution in [3.8, 4) is 0 Å². The molecule has 4 rings (SSSR count). The fourth-order valence-corrected chi connectivity index (χ4v) is 6.45. The van der Waals surface area contributed by atoms with Crippen LogP contribution >= 0.6 is 22.9 Å². The number of rotatable bonds is 5. The molecule has 29 heavy (non-hydrogen) atoms. The summed E-state index contributed by atoms with van der Waals surface area (Å²) in [6, 6.07) is 8.66. The van der Waals surface area contributed by atoms with E-state index < -0.39 is 10.0 Å². The van der Waals surface area contributed by atoms with Crippen LogP contribution in [0.15, 0.2) is 39.0 Å². The van der Waals surface area contributed by atoms with Crippen LogP contribution in [0.5, 0.6) is 0 Å². The van der Waals surface area contributed by atoms with E-state index in [0.29, 0.717) is 58.7 Å². The normalized spacial score (nSPS) is 16.3. The third kappa shape index (κ3) is 4.32. The van der Waals surface area contributed by atoms with Gasteiger partial charge in [0, 0.05) is 35.8 Å². The topological polar surface area (TPSA) is 92.5 Å². The summed E-state index contributed by atoms with van der Waals surface area (Å²) in [4.78, 5) is 16.4. The van der Waals surface area contributed by atoms with Crippen molar-refractivity contribution in [2.75, 3.05) is 13.1 Å². The van der Waals surface area contributed by atoms with Gasteiger partial charge in [0.1, 0.15) is 9.73 Å². The van der Waals surface area contributed by atoms with Gasteiger partial charge in [-0.1, -0.05) is 11.6 Å². The monoisotopic (exact) mass is 453 g/mol. The lowest BCUT2D eigenvalue weighted by Crippen LogP contribution is -2.37. The first-order valence-electron chi connectivity index (χ1n) is 9.22. The number of benzene rings is 1. The number of piperidine rings is 1. The number of sulfonamides is 1. The predicted octanol–water partition coefficient (Wildman–Crippen LogP) is 3.75. The van der Waals surface area contributed by atoms with E-state index in [-0.39, 0.29) is 11.8 Å². The molecule has 10 heteroatoms. The third-order valence-corrected chi connectivity index (χ3v) is 8.60. The molecule has 0 spiro atoms. The van der Waals surface area contributed by atoms with E-state index in [1.165, 1.54) is 22.6 Å². The molecule has 1 aliphatic rings. The Hall–Kier alpha value is -1.94. The zero-order valence-electron chi connectivity index (χ0n) is 15.7. The minimum absolute atomic E-state index is 0.0753. The second-order valence-electron chi connectivity index (χ2n) is 6.97. The molecule has 3 heterocycles. The molecule has 1 aromatic carbocycles. The predicted molar refractivity (Wildman–Crippen MR) is 112 cm³/mol. The fourth-order valence-electron chi connectivity index (χ4n) is 3.37. The Bertz CT molecular complexity index is 1150. The molecule has 1 amide bonds. The highest BCUT2D eigenvalue weighted by molar-refractivity contribution is 7.91. The largest absolute Gasteiger partial charge is 0.440 e. The van der Waals surface area contributed by atoms with Gasteiger partial charge in [0.05, 0.1) is 6.54 Å². The molecule has 1 N–H and O–H groups in total. The van der Waals surface area contributed by atoms with Gasteiger partial charge >= 0.3 is 0 Å². The maximum Gasteiger partial charge on any atom is 0.252 e. The molecule has 1 fully saturated rings. The minimum Gasteiger partial charge on any atom is -0.440 e. The van der Waals surface area contributed by atoms with Crippen LogP contribution in [0.2, 0.25) is 5.02 Å². The second-order valence-corrected chi connectivity index (χ2v) is 10.7. The Balaban J connectivity index is 1.43. The van der Waals surface area contributed by atoms with Crippen LogP contribution in [0.3, 0.4) is 0 Å². The molecular formula is C19H20ClN3O4S2. The Labute approximate surface area is 177 Å². The lowest BCUT2D eigenvalue weighted by Gasteiger charge is -2.29. The number of hydrogen-bond acceptors (Lipinski definition) is 6. The molecule has 0 aliphatic carbocycles. The van der Waals surface area contributed by atoms with Crippen molar-refractivity contribution in [3.05, 3.63) is 46.1 Å². The first-order chi connectivity index (χ1) is 13.8. The number of thiophene rings is 1. The maximum absolute atomic E-state index is 13.0. The van der Waals surface area contributed by atoms with Crippen molar-refractivity contribution in [2.24, 2.45) is 0 Å². The Kier molecular flexibility index (Phi) is 5.65. The zero-order valence-corrected chi connectivity index (χ0v) is 18.1. The van der Waals surface area contributed by atoms with Crippen LogP contribution in [0.25, 0.3) is 11.1 Å². The highest BCUT2D eigenvalue weighted by atomic mass is 35.5. The van der Waals surface area contributed by atoms with E-state index in [1.54, 1.807) is 30.3 Å². The van der Waals surface area contributed by atoms with Crippen molar-refractivity contribution in [1.82, 2.24) is 14.6 Å². The lowest BCUT2D eigenvalue weighted by atomic mass is 9.98. The highest BCUT2D eigenvalue weighted by Crippen LogP contribution is 2.34. The van der Waals surface area contributed by atoms with E-state index in [4.69, 9.17) is 16.0 Å². The number of amides is 1. The Morgan fingerprint density at radius 1 is 1.31 bits per heavy atom. The molecule has 0 radical (unpaired) electrons. The van der Waals surface area contributed by atoms with Crippen LogP contribution < -0.4 is 5.32 Å². The number of fused-ring (bicyclic) bond motifs is 1. The Morgan fingerprint density at radius 2 is 2.07 bits per heavy atom. The van der Waals surface area contributed by atoms with E-state index in [9.17, 15) is 13.2 Å². The van der Waals surface area contributed by atoms with Crippen LogP contribution in [-0.4, -0.2) is 36.7 Å². The van der Waals surface area contributed by atoms with Crippen molar-refractivity contribution >= 4 is 50.0 Å². The molecule has 7 nitrogen and oxygen atoms in total. The van der Waals surface area contributed by atoms with Crippen molar-refractivity contribution in [1.29, 1.82) is 0 Å². The van der Waals surface area contributed by atoms with Gasteiger partial charge < -0.3 is 9.73 Å². The SMILES string of the molecule is CC(=O)NCc1ccc(S(=O)(=O)N2CCC(c3nc4cc(Cl)ccc4o3)CC2)s1. The summed E-state index contributed by atoms with van der Waals surface area (Å²) in [7, 11) is -3.54. The van der Waals surface area contributed by atoms with Crippen molar-refractivity contribution < 1.29 is 17.6 Å². The molecule has 3 aromatic rings. The van der Waals surface area contributed by atoms with E-state index >= 15 is 0 Å². The summed E-state index contributed by atoms with van der Waals surface area (Å²) in [5.41, 5.74) is 1.40. The number of carbonyl (C=O) groups excluding carboxylic acids is 1. The summed E-state index contributed by atoms with van der Waals surface area (Å²) in [5, 5.41) is 3.29. The minimum atomic E-state index is -3.54. The maximum atomic E-state index is 13.0. The number of nitrogens with one attached hydrogen (secondary N) is 1. The number of aromatic nitrogens is 1. The molecule has 0 bridgehead atoms. The van der Waals surface area contributed by atoms with E-state index in [2.05, 4.69) is 10.3 Å². The standard InChI is InChI=1S/C19H20ClN3O4S2/c1-12(24)21-11-15-3-5-18(28-15)29(25,26)23-8-6-13(7-9-23)19-22-16-10-14(20)2-4-17(16)27-19/h2-5,10,13H,6-9,11H2,1H3,(H,21,24). The molecule has 0 unspecified atom stereocenters. The Morgan fingerprint density at radius 3 is 2.79 bits per heavy atom. The van der Waals surface area contributed by atoms with Crippen LogP contribution in [0.4, 0.5) is 0 Å². The first kappa shape index (κ1) is 20.3. The van der Waals surface area contributed by atoms with Gasteiger partial charge in [-0.2, -0.15) is 4.31 Å². The number of halogens is 1. The number of oxazole rings is 1. The fraction of sp³-hybridized carbons (Fsp3) is 0.368. The molecule has 1 saturated heterocycles. The summed E-state index contributed by atoms with van der Waals surface area (Å²) < 4.78 is 33.6. The molecule has 154 valence electrons. The first-order valence-corrected chi connectivity index (χ1v) is 11.9. The van der Waals surface area contributed by atoms with E-state index in [1.807, 2.05) is 0 Å². The summed E-state index contributed by atoms with van der Waals surface area (Å²) in [6.07, 6.45) is 1.29. The van der Waals surface area contributed by atoms with Crippen molar-refractivity contribution in [2.45, 2.75) is 36.4 Å². The van der Waals surface area contributed by atoms with Gasteiger partial charge in [0.15, 0.2) is 11.5 Å². The van der Waals surface area contributed by atoms with Gasteiger partial charge in [-0.15, -0.1) is 11.3 Å². The summed E-state index contributed by atoms with van der Waals surface area (Å²) >= 11 is 7.19. The molecule has 0 saturated carbocycles.